The van der Waals surface area contributed by atoms with Gasteiger partial charge in [-0.3, -0.25) is 14.4 Å². The Labute approximate surface area is 207 Å². The average molecular weight is 474 g/mol. The number of ketones is 2. The first-order valence-corrected chi connectivity index (χ1v) is 13.2. The van der Waals surface area contributed by atoms with Crippen LogP contribution in [0, 0.1) is 11.8 Å². The topological polar surface area (TPSA) is 79.4 Å². The highest BCUT2D eigenvalue weighted by Crippen LogP contribution is 2.42. The first kappa shape index (κ1) is 23.7. The second-order valence-corrected chi connectivity index (χ2v) is 10.6. The minimum absolute atomic E-state index is 0.152. The molecule has 3 aliphatic rings. The van der Waals surface area contributed by atoms with Crippen LogP contribution in [0.15, 0.2) is 36.5 Å². The Bertz CT molecular complexity index is 1080. The number of piperidine rings is 1. The molecule has 1 saturated carbocycles. The molecule has 2 unspecified atom stereocenters. The largest absolute Gasteiger partial charge is 0.384 e. The van der Waals surface area contributed by atoms with E-state index in [2.05, 4.69) is 15.2 Å². The molecule has 1 aromatic carbocycles. The molecule has 1 aromatic heterocycles. The standard InChI is InChI=1S/C29H35N3O3/c1-2-3-27(34)22-8-11-29(31-17-22)32-24-9-10-25(32)13-20(12-24)14-28(35)21-6-7-23(18-33)26(15-21)30-16-19-4-5-19/h6-8,11,15,17-20,24-25,30H,2-5,9-10,12-14,16H2,1H3. The summed E-state index contributed by atoms with van der Waals surface area (Å²) >= 11 is 0. The van der Waals surface area contributed by atoms with Gasteiger partial charge in [-0.05, 0) is 81.0 Å². The lowest BCUT2D eigenvalue weighted by molar-refractivity contribution is 0.0947. The maximum atomic E-state index is 13.2. The lowest BCUT2D eigenvalue weighted by Gasteiger charge is -2.39. The Morgan fingerprint density at radius 2 is 1.74 bits per heavy atom. The van der Waals surface area contributed by atoms with Gasteiger partial charge in [-0.2, -0.15) is 0 Å². The minimum atomic E-state index is 0.152. The number of pyridine rings is 1. The molecule has 0 spiro atoms. The van der Waals surface area contributed by atoms with Gasteiger partial charge in [0.05, 0.1) is 0 Å². The number of aromatic nitrogens is 1. The molecular formula is C29H35N3O3. The van der Waals surface area contributed by atoms with E-state index in [-0.39, 0.29) is 11.6 Å². The number of hydrogen-bond acceptors (Lipinski definition) is 6. The van der Waals surface area contributed by atoms with Crippen molar-refractivity contribution < 1.29 is 14.4 Å². The van der Waals surface area contributed by atoms with E-state index in [9.17, 15) is 14.4 Å². The van der Waals surface area contributed by atoms with Crippen molar-refractivity contribution in [2.75, 3.05) is 16.8 Å². The van der Waals surface area contributed by atoms with Crippen LogP contribution in [0.2, 0.25) is 0 Å². The number of rotatable bonds is 11. The summed E-state index contributed by atoms with van der Waals surface area (Å²) in [6.45, 7) is 2.87. The van der Waals surface area contributed by atoms with E-state index in [0.29, 0.717) is 53.5 Å². The van der Waals surface area contributed by atoms with Gasteiger partial charge in [0.2, 0.25) is 0 Å². The van der Waals surface area contributed by atoms with E-state index in [1.807, 2.05) is 25.1 Å². The molecule has 3 heterocycles. The molecule has 3 fully saturated rings. The molecule has 35 heavy (non-hydrogen) atoms. The zero-order valence-corrected chi connectivity index (χ0v) is 20.5. The van der Waals surface area contributed by atoms with Gasteiger partial charge in [0.25, 0.3) is 0 Å². The van der Waals surface area contributed by atoms with Gasteiger partial charge >= 0.3 is 0 Å². The van der Waals surface area contributed by atoms with E-state index < -0.39 is 0 Å². The molecule has 2 saturated heterocycles. The molecule has 2 atom stereocenters. The second-order valence-electron chi connectivity index (χ2n) is 10.6. The van der Waals surface area contributed by atoms with E-state index in [1.165, 1.54) is 12.8 Å². The third kappa shape index (κ3) is 5.31. The van der Waals surface area contributed by atoms with Crippen LogP contribution in [0.4, 0.5) is 11.5 Å². The summed E-state index contributed by atoms with van der Waals surface area (Å²) < 4.78 is 0. The van der Waals surface area contributed by atoms with E-state index >= 15 is 0 Å². The predicted molar refractivity (Wildman–Crippen MR) is 137 cm³/mol. The Morgan fingerprint density at radius 1 is 1.00 bits per heavy atom. The number of fused-ring (bicyclic) bond motifs is 2. The monoisotopic (exact) mass is 473 g/mol. The quantitative estimate of drug-likeness (QED) is 0.332. The summed E-state index contributed by atoms with van der Waals surface area (Å²) in [5.74, 6) is 2.31. The number of nitrogens with one attached hydrogen (secondary N) is 1. The van der Waals surface area contributed by atoms with Crippen LogP contribution in [0.3, 0.4) is 0 Å². The fraction of sp³-hybridized carbons (Fsp3) is 0.517. The van der Waals surface area contributed by atoms with Gasteiger partial charge in [-0.25, -0.2) is 4.98 Å². The van der Waals surface area contributed by atoms with Gasteiger partial charge in [0.1, 0.15) is 5.82 Å². The molecule has 184 valence electrons. The summed E-state index contributed by atoms with van der Waals surface area (Å²) in [6, 6.07) is 10.1. The molecule has 0 radical (unpaired) electrons. The van der Waals surface area contributed by atoms with Crippen LogP contribution in [0.25, 0.3) is 0 Å². The summed E-state index contributed by atoms with van der Waals surface area (Å²) in [4.78, 5) is 43.8. The summed E-state index contributed by atoms with van der Waals surface area (Å²) in [5, 5.41) is 3.37. The van der Waals surface area contributed by atoms with Crippen molar-refractivity contribution in [3.05, 3.63) is 53.2 Å². The highest BCUT2D eigenvalue weighted by Gasteiger charge is 2.41. The second kappa shape index (κ2) is 10.3. The third-order valence-corrected chi connectivity index (χ3v) is 7.90. The van der Waals surface area contributed by atoms with Crippen molar-refractivity contribution in [2.45, 2.75) is 76.8 Å². The first-order valence-electron chi connectivity index (χ1n) is 13.2. The Hall–Kier alpha value is -3.02. The number of aldehydes is 1. The molecule has 2 bridgehead atoms. The number of benzene rings is 1. The van der Waals surface area contributed by atoms with E-state index in [0.717, 1.165) is 56.4 Å². The number of hydrogen-bond donors (Lipinski definition) is 1. The molecule has 2 aromatic rings. The molecule has 6 nitrogen and oxygen atoms in total. The number of anilines is 2. The Balaban J connectivity index is 1.22. The summed E-state index contributed by atoms with van der Waals surface area (Å²) in [6.07, 6.45) is 11.2. The van der Waals surface area contributed by atoms with Crippen LogP contribution in [-0.2, 0) is 0 Å². The molecule has 5 rings (SSSR count). The van der Waals surface area contributed by atoms with Crippen molar-refractivity contribution in [2.24, 2.45) is 11.8 Å². The summed E-state index contributed by atoms with van der Waals surface area (Å²) in [5.41, 5.74) is 2.77. The molecular weight excluding hydrogens is 438 g/mol. The number of Topliss-reactive ketones (excluding diaryl/α,β-unsaturated/α-hetero) is 2. The Morgan fingerprint density at radius 3 is 2.37 bits per heavy atom. The number of carbonyl (C=O) groups is 3. The van der Waals surface area contributed by atoms with Crippen LogP contribution in [-0.4, -0.2) is 41.5 Å². The van der Waals surface area contributed by atoms with E-state index in [4.69, 9.17) is 0 Å². The maximum absolute atomic E-state index is 13.2. The molecule has 1 aliphatic carbocycles. The van der Waals surface area contributed by atoms with Gasteiger partial charge in [0.15, 0.2) is 17.9 Å². The normalized spacial score (nSPS) is 23.2. The van der Waals surface area contributed by atoms with Crippen molar-refractivity contribution in [1.82, 2.24) is 4.98 Å². The fourth-order valence-electron chi connectivity index (χ4n) is 5.85. The molecule has 2 aliphatic heterocycles. The average Bonchev–Trinajstić information content (AvgIpc) is 3.66. The first-order chi connectivity index (χ1) is 17.1. The van der Waals surface area contributed by atoms with Gasteiger partial charge in [-0.15, -0.1) is 0 Å². The SMILES string of the molecule is CCCC(=O)c1ccc(N2C3CCC2CC(CC(=O)c2ccc(C=O)c(NCC4CC4)c2)C3)nc1. The molecule has 0 amide bonds. The van der Waals surface area contributed by atoms with Crippen LogP contribution < -0.4 is 10.2 Å². The zero-order chi connectivity index (χ0) is 24.4. The summed E-state index contributed by atoms with van der Waals surface area (Å²) in [7, 11) is 0. The van der Waals surface area contributed by atoms with E-state index in [1.54, 1.807) is 18.3 Å². The maximum Gasteiger partial charge on any atom is 0.164 e. The van der Waals surface area contributed by atoms with Crippen LogP contribution in [0.1, 0.15) is 95.8 Å². The van der Waals surface area contributed by atoms with Crippen molar-refractivity contribution in [3.63, 3.8) is 0 Å². The highest BCUT2D eigenvalue weighted by molar-refractivity contribution is 5.99. The van der Waals surface area contributed by atoms with Crippen molar-refractivity contribution >= 4 is 29.4 Å². The molecule has 1 N–H and O–H groups in total. The lowest BCUT2D eigenvalue weighted by Crippen LogP contribution is -2.43. The van der Waals surface area contributed by atoms with Crippen LogP contribution >= 0.6 is 0 Å². The van der Waals surface area contributed by atoms with Crippen LogP contribution in [0.5, 0.6) is 0 Å². The van der Waals surface area contributed by atoms with Gasteiger partial charge in [0, 0.05) is 60.0 Å². The van der Waals surface area contributed by atoms with Crippen molar-refractivity contribution in [3.8, 4) is 0 Å². The third-order valence-electron chi connectivity index (χ3n) is 7.90. The van der Waals surface area contributed by atoms with Gasteiger partial charge < -0.3 is 10.2 Å². The van der Waals surface area contributed by atoms with Gasteiger partial charge in [-0.1, -0.05) is 13.0 Å². The Kier molecular flexibility index (Phi) is 6.98. The number of carbonyl (C=O) groups excluding carboxylic acids is 3. The fourth-order valence-corrected chi connectivity index (χ4v) is 5.85. The number of nitrogens with zero attached hydrogens (tertiary/aromatic N) is 2. The molecule has 6 heteroatoms. The highest BCUT2D eigenvalue weighted by atomic mass is 16.1. The predicted octanol–water partition coefficient (Wildman–Crippen LogP) is 5.72. The smallest absolute Gasteiger partial charge is 0.164 e. The minimum Gasteiger partial charge on any atom is -0.384 e. The zero-order valence-electron chi connectivity index (χ0n) is 20.5. The van der Waals surface area contributed by atoms with Crippen molar-refractivity contribution in [1.29, 1.82) is 0 Å². The lowest BCUT2D eigenvalue weighted by atomic mass is 9.85.